The molecule has 2 aromatic rings. The number of aromatic nitrogens is 1. The number of anilines is 2. The molecule has 0 unspecified atom stereocenters. The second-order valence-corrected chi connectivity index (χ2v) is 6.17. The van der Waals surface area contributed by atoms with Crippen molar-refractivity contribution in [3.63, 3.8) is 0 Å². The molecule has 19 heavy (non-hydrogen) atoms. The quantitative estimate of drug-likeness (QED) is 0.868. The van der Waals surface area contributed by atoms with Gasteiger partial charge in [0.25, 0.3) is 10.0 Å². The van der Waals surface area contributed by atoms with Gasteiger partial charge in [0.1, 0.15) is 0 Å². The van der Waals surface area contributed by atoms with Crippen LogP contribution in [0.3, 0.4) is 0 Å². The zero-order valence-electron chi connectivity index (χ0n) is 10.7. The Hall–Kier alpha value is -2.08. The fourth-order valence-electron chi connectivity index (χ4n) is 1.62. The Morgan fingerprint density at radius 1 is 1.26 bits per heavy atom. The Morgan fingerprint density at radius 2 is 2.00 bits per heavy atom. The third-order valence-corrected chi connectivity index (χ3v) is 4.70. The molecule has 100 valence electrons. The number of hydrogen-bond acceptors (Lipinski definition) is 4. The molecule has 0 fully saturated rings. The van der Waals surface area contributed by atoms with E-state index in [9.17, 15) is 8.42 Å². The lowest BCUT2D eigenvalue weighted by Crippen LogP contribution is -2.26. The third kappa shape index (κ3) is 2.53. The normalized spacial score (nSPS) is 11.3. The molecule has 5 nitrogen and oxygen atoms in total. The van der Waals surface area contributed by atoms with E-state index in [0.29, 0.717) is 11.4 Å². The van der Waals surface area contributed by atoms with Crippen molar-refractivity contribution in [2.24, 2.45) is 0 Å². The summed E-state index contributed by atoms with van der Waals surface area (Å²) in [4.78, 5) is 4.08. The summed E-state index contributed by atoms with van der Waals surface area (Å²) in [6.45, 7) is 1.83. The van der Waals surface area contributed by atoms with Gasteiger partial charge in [0.2, 0.25) is 0 Å². The van der Waals surface area contributed by atoms with E-state index in [2.05, 4.69) is 4.98 Å². The van der Waals surface area contributed by atoms with Crippen LogP contribution in [0.4, 0.5) is 11.4 Å². The molecule has 0 bridgehead atoms. The van der Waals surface area contributed by atoms with Crippen LogP contribution < -0.4 is 10.0 Å². The third-order valence-electron chi connectivity index (χ3n) is 2.92. The number of sulfonamides is 1. The minimum atomic E-state index is -3.62. The number of benzene rings is 1. The Labute approximate surface area is 112 Å². The van der Waals surface area contributed by atoms with Gasteiger partial charge < -0.3 is 5.73 Å². The van der Waals surface area contributed by atoms with Gasteiger partial charge in [-0.25, -0.2) is 8.42 Å². The van der Waals surface area contributed by atoms with Gasteiger partial charge in [-0.1, -0.05) is 6.07 Å². The van der Waals surface area contributed by atoms with Gasteiger partial charge in [0, 0.05) is 18.9 Å². The summed E-state index contributed by atoms with van der Waals surface area (Å²) in [5, 5.41) is 0. The van der Waals surface area contributed by atoms with Crippen molar-refractivity contribution >= 4 is 21.4 Å². The molecule has 1 aromatic heterocycles. The van der Waals surface area contributed by atoms with Crippen LogP contribution in [0.5, 0.6) is 0 Å². The molecule has 1 aromatic carbocycles. The fraction of sp³-hybridized carbons (Fsp3) is 0.154. The van der Waals surface area contributed by atoms with Crippen LogP contribution in [-0.2, 0) is 10.0 Å². The van der Waals surface area contributed by atoms with Gasteiger partial charge in [-0.15, -0.1) is 0 Å². The monoisotopic (exact) mass is 277 g/mol. The lowest BCUT2D eigenvalue weighted by atomic mass is 10.2. The number of nitrogens with zero attached hydrogens (tertiary/aromatic N) is 2. The van der Waals surface area contributed by atoms with Crippen molar-refractivity contribution in [3.8, 4) is 0 Å². The van der Waals surface area contributed by atoms with Crippen molar-refractivity contribution in [3.05, 3.63) is 48.3 Å². The Morgan fingerprint density at radius 3 is 2.58 bits per heavy atom. The smallest absolute Gasteiger partial charge is 0.264 e. The van der Waals surface area contributed by atoms with Gasteiger partial charge >= 0.3 is 0 Å². The zero-order chi connectivity index (χ0) is 14.0. The maximum Gasteiger partial charge on any atom is 0.264 e. The van der Waals surface area contributed by atoms with E-state index in [1.165, 1.54) is 23.6 Å². The molecule has 0 amide bonds. The van der Waals surface area contributed by atoms with Crippen molar-refractivity contribution in [1.82, 2.24) is 4.98 Å². The van der Waals surface area contributed by atoms with Crippen molar-refractivity contribution < 1.29 is 8.42 Å². The largest absolute Gasteiger partial charge is 0.398 e. The predicted octanol–water partition coefficient (Wildman–Crippen LogP) is 1.80. The Bertz CT molecular complexity index is 684. The van der Waals surface area contributed by atoms with E-state index in [1.54, 1.807) is 30.5 Å². The number of aryl methyl sites for hydroxylation is 1. The van der Waals surface area contributed by atoms with Crippen LogP contribution in [0.2, 0.25) is 0 Å². The zero-order valence-corrected chi connectivity index (χ0v) is 11.6. The first kappa shape index (κ1) is 13.4. The molecule has 0 spiro atoms. The van der Waals surface area contributed by atoms with Crippen LogP contribution in [0.15, 0.2) is 47.6 Å². The number of hydrogen-bond donors (Lipinski definition) is 1. The lowest BCUT2D eigenvalue weighted by Gasteiger charge is -2.19. The fourth-order valence-corrected chi connectivity index (χ4v) is 2.83. The summed E-state index contributed by atoms with van der Waals surface area (Å²) < 4.78 is 26.1. The first-order valence-corrected chi connectivity index (χ1v) is 7.12. The van der Waals surface area contributed by atoms with Crippen LogP contribution in [0, 0.1) is 6.92 Å². The van der Waals surface area contributed by atoms with Crippen LogP contribution in [0.25, 0.3) is 0 Å². The molecule has 0 saturated heterocycles. The summed E-state index contributed by atoms with van der Waals surface area (Å²) in [6, 6.07) is 8.08. The van der Waals surface area contributed by atoms with Gasteiger partial charge in [-0.3, -0.25) is 9.29 Å². The van der Waals surface area contributed by atoms with Gasteiger partial charge in [0.15, 0.2) is 0 Å². The predicted molar refractivity (Wildman–Crippen MR) is 75.4 cm³/mol. The lowest BCUT2D eigenvalue weighted by molar-refractivity contribution is 0.594. The number of rotatable bonds is 3. The van der Waals surface area contributed by atoms with Crippen LogP contribution in [-0.4, -0.2) is 20.4 Å². The van der Waals surface area contributed by atoms with E-state index in [4.69, 9.17) is 5.73 Å². The molecule has 0 saturated carbocycles. The highest BCUT2D eigenvalue weighted by Crippen LogP contribution is 2.23. The molecule has 2 N–H and O–H groups in total. The average molecular weight is 277 g/mol. The molecule has 0 aliphatic carbocycles. The topological polar surface area (TPSA) is 76.3 Å². The molecular formula is C13H15N3O2S. The van der Waals surface area contributed by atoms with Crippen molar-refractivity contribution in [2.45, 2.75) is 11.8 Å². The molecule has 0 aliphatic rings. The van der Waals surface area contributed by atoms with E-state index in [0.717, 1.165) is 5.56 Å². The van der Waals surface area contributed by atoms with E-state index in [-0.39, 0.29) is 4.90 Å². The van der Waals surface area contributed by atoms with Gasteiger partial charge in [0.05, 0.1) is 16.8 Å². The Kier molecular flexibility index (Phi) is 3.44. The summed E-state index contributed by atoms with van der Waals surface area (Å²) in [7, 11) is -2.13. The first-order valence-electron chi connectivity index (χ1n) is 5.68. The minimum Gasteiger partial charge on any atom is -0.398 e. The van der Waals surface area contributed by atoms with E-state index in [1.807, 2.05) is 6.92 Å². The number of pyridine rings is 1. The van der Waals surface area contributed by atoms with Crippen molar-refractivity contribution in [1.29, 1.82) is 0 Å². The maximum absolute atomic E-state index is 12.4. The number of nitrogens with two attached hydrogens (primary N) is 1. The molecule has 0 aliphatic heterocycles. The van der Waals surface area contributed by atoms with E-state index >= 15 is 0 Å². The summed E-state index contributed by atoms with van der Waals surface area (Å²) >= 11 is 0. The highest BCUT2D eigenvalue weighted by atomic mass is 32.2. The standard InChI is InChI=1S/C13H15N3O2S/c1-10-5-6-12(8-13(10)14)19(17,18)16(2)11-4-3-7-15-9-11/h3-9H,14H2,1-2H3. The minimum absolute atomic E-state index is 0.168. The molecule has 2 rings (SSSR count). The van der Waals surface area contributed by atoms with Gasteiger partial charge in [-0.05, 0) is 36.8 Å². The molecule has 0 radical (unpaired) electrons. The second-order valence-electron chi connectivity index (χ2n) is 4.20. The molecular weight excluding hydrogens is 262 g/mol. The van der Waals surface area contributed by atoms with Crippen LogP contribution >= 0.6 is 0 Å². The van der Waals surface area contributed by atoms with Gasteiger partial charge in [-0.2, -0.15) is 0 Å². The Balaban J connectivity index is 2.45. The first-order chi connectivity index (χ1) is 8.93. The summed E-state index contributed by atoms with van der Waals surface area (Å²) in [6.07, 6.45) is 3.09. The number of nitrogen functional groups attached to an aromatic ring is 1. The highest BCUT2D eigenvalue weighted by molar-refractivity contribution is 7.92. The van der Waals surface area contributed by atoms with Crippen molar-refractivity contribution in [2.75, 3.05) is 17.1 Å². The highest BCUT2D eigenvalue weighted by Gasteiger charge is 2.21. The molecule has 1 heterocycles. The summed E-state index contributed by atoms with van der Waals surface area (Å²) in [5.74, 6) is 0. The van der Waals surface area contributed by atoms with E-state index < -0.39 is 10.0 Å². The second kappa shape index (κ2) is 4.89. The molecule has 6 heteroatoms. The maximum atomic E-state index is 12.4. The summed E-state index contributed by atoms with van der Waals surface area (Å²) in [5.41, 5.74) is 7.57. The SMILES string of the molecule is Cc1ccc(S(=O)(=O)N(C)c2cccnc2)cc1N. The van der Waals surface area contributed by atoms with Crippen LogP contribution in [0.1, 0.15) is 5.56 Å². The molecule has 0 atom stereocenters. The average Bonchev–Trinajstić information content (AvgIpc) is 2.41.